The molecule has 0 saturated carbocycles. The van der Waals surface area contributed by atoms with Gasteiger partial charge < -0.3 is 14.2 Å². The number of esters is 1. The minimum absolute atomic E-state index is 0.183. The summed E-state index contributed by atoms with van der Waals surface area (Å²) in [6.45, 7) is -0.296. The molecule has 0 unspecified atom stereocenters. The van der Waals surface area contributed by atoms with Crippen molar-refractivity contribution in [3.8, 4) is 17.2 Å². The van der Waals surface area contributed by atoms with Gasteiger partial charge in [0.15, 0.2) is 18.1 Å². The van der Waals surface area contributed by atoms with E-state index in [1.165, 1.54) is 61.9 Å². The smallest absolute Gasteiger partial charge is 0.343 e. The fourth-order valence-corrected chi connectivity index (χ4v) is 2.82. The lowest BCUT2D eigenvalue weighted by Crippen LogP contribution is -2.24. The number of nitrogens with zero attached hydrogens (tertiary/aromatic N) is 1. The molecule has 1 amide bonds. The molecule has 0 aliphatic carbocycles. The van der Waals surface area contributed by atoms with Gasteiger partial charge in [-0.2, -0.15) is 5.10 Å². The van der Waals surface area contributed by atoms with E-state index in [0.29, 0.717) is 16.3 Å². The fourth-order valence-electron chi connectivity index (χ4n) is 2.52. The Morgan fingerprint density at radius 3 is 2.45 bits per heavy atom. The van der Waals surface area contributed by atoms with E-state index < -0.39 is 17.7 Å². The molecule has 0 atom stereocenters. The first-order valence-electron chi connectivity index (χ1n) is 9.41. The second-order valence-corrected chi connectivity index (χ2v) is 7.28. The number of halogens is 3. The van der Waals surface area contributed by atoms with Gasteiger partial charge in [0.05, 0.1) is 28.9 Å². The summed E-state index contributed by atoms with van der Waals surface area (Å²) in [5, 5.41) is 4.40. The van der Waals surface area contributed by atoms with E-state index in [1.807, 2.05) is 0 Å². The van der Waals surface area contributed by atoms with E-state index in [1.54, 1.807) is 12.1 Å². The number of amides is 1. The van der Waals surface area contributed by atoms with Gasteiger partial charge in [0.1, 0.15) is 11.6 Å². The molecule has 0 aromatic heterocycles. The molecule has 0 heterocycles. The zero-order valence-electron chi connectivity index (χ0n) is 17.2. The summed E-state index contributed by atoms with van der Waals surface area (Å²) in [4.78, 5) is 24.2. The predicted octanol–water partition coefficient (Wildman–Crippen LogP) is 4.89. The summed E-state index contributed by atoms with van der Waals surface area (Å²) in [5.74, 6) is -0.731. The fraction of sp³-hybridized carbons (Fsp3) is 0.0870. The van der Waals surface area contributed by atoms with Crippen LogP contribution in [0.25, 0.3) is 0 Å². The van der Waals surface area contributed by atoms with Crippen molar-refractivity contribution in [3.05, 3.63) is 87.7 Å². The van der Waals surface area contributed by atoms with Crippen molar-refractivity contribution in [2.45, 2.75) is 0 Å². The molecule has 1 N–H and O–H groups in total. The maximum absolute atomic E-state index is 12.9. The van der Waals surface area contributed by atoms with Gasteiger partial charge in [-0.3, -0.25) is 4.79 Å². The molecule has 0 radical (unpaired) electrons. The van der Waals surface area contributed by atoms with Crippen LogP contribution in [0.15, 0.2) is 65.8 Å². The van der Waals surface area contributed by atoms with E-state index in [9.17, 15) is 14.0 Å². The Morgan fingerprint density at radius 2 is 1.76 bits per heavy atom. The van der Waals surface area contributed by atoms with Crippen LogP contribution in [-0.2, 0) is 4.79 Å². The summed E-state index contributed by atoms with van der Waals surface area (Å²) < 4.78 is 28.7. The first-order valence-corrected chi connectivity index (χ1v) is 10.2. The van der Waals surface area contributed by atoms with Crippen molar-refractivity contribution < 1.29 is 28.2 Å². The summed E-state index contributed by atoms with van der Waals surface area (Å²) in [6.07, 6.45) is 1.38. The molecule has 3 rings (SSSR count). The number of ether oxygens (including phenoxy) is 3. The van der Waals surface area contributed by atoms with Gasteiger partial charge in [0.2, 0.25) is 0 Å². The average Bonchev–Trinajstić information content (AvgIpc) is 2.81. The molecule has 0 spiro atoms. The van der Waals surface area contributed by atoms with Gasteiger partial charge in [-0.15, -0.1) is 0 Å². The Morgan fingerprint density at radius 1 is 1.00 bits per heavy atom. The first kappa shape index (κ1) is 24.0. The molecule has 3 aromatic rings. The molecule has 0 saturated heterocycles. The average molecular weight is 491 g/mol. The highest BCUT2D eigenvalue weighted by Gasteiger charge is 2.14. The van der Waals surface area contributed by atoms with E-state index in [0.717, 1.165) is 0 Å². The minimum atomic E-state index is -0.637. The largest absolute Gasteiger partial charge is 0.493 e. The molecule has 0 aliphatic rings. The summed E-state index contributed by atoms with van der Waals surface area (Å²) in [7, 11) is 1.42. The van der Waals surface area contributed by atoms with Crippen LogP contribution >= 0.6 is 23.2 Å². The quantitative estimate of drug-likeness (QED) is 0.210. The molecule has 0 fully saturated rings. The number of hydrogen-bond donors (Lipinski definition) is 1. The standard InChI is InChI=1S/C23H17Cl2FN2O5/c1-31-21-10-14(12-27-28-22(29)13-32-17-6-4-16(26)5-7-17)2-9-20(21)33-23(30)15-3-8-18(24)19(25)11-15/h2-12H,13H2,1H3,(H,28,29)/b27-12+. The molecule has 0 aliphatic heterocycles. The maximum atomic E-state index is 12.9. The first-order chi connectivity index (χ1) is 15.9. The predicted molar refractivity (Wildman–Crippen MR) is 122 cm³/mol. The van der Waals surface area contributed by atoms with Crippen LogP contribution in [0.1, 0.15) is 15.9 Å². The molecule has 10 heteroatoms. The Labute approximate surface area is 198 Å². The zero-order valence-corrected chi connectivity index (χ0v) is 18.7. The molecular formula is C23H17Cl2FN2O5. The Bertz CT molecular complexity index is 1190. The number of methoxy groups -OCH3 is 1. The lowest BCUT2D eigenvalue weighted by atomic mass is 10.2. The van der Waals surface area contributed by atoms with Crippen molar-refractivity contribution in [3.63, 3.8) is 0 Å². The van der Waals surface area contributed by atoms with Gasteiger partial charge in [-0.1, -0.05) is 23.2 Å². The van der Waals surface area contributed by atoms with Gasteiger partial charge in [0, 0.05) is 0 Å². The van der Waals surface area contributed by atoms with Crippen molar-refractivity contribution in [1.29, 1.82) is 0 Å². The summed E-state index contributed by atoms with van der Waals surface area (Å²) in [6, 6.07) is 14.4. The van der Waals surface area contributed by atoms with Crippen LogP contribution in [0.5, 0.6) is 17.2 Å². The van der Waals surface area contributed by atoms with E-state index in [2.05, 4.69) is 10.5 Å². The SMILES string of the molecule is COc1cc(/C=N/NC(=O)COc2ccc(F)cc2)ccc1OC(=O)c1ccc(Cl)c(Cl)c1. The Kier molecular flexibility index (Phi) is 8.23. The van der Waals surface area contributed by atoms with Crippen molar-refractivity contribution in [2.75, 3.05) is 13.7 Å². The zero-order chi connectivity index (χ0) is 23.8. The van der Waals surface area contributed by atoms with Gasteiger partial charge in [0.25, 0.3) is 5.91 Å². The number of carbonyl (C=O) groups is 2. The molecule has 170 valence electrons. The normalized spacial score (nSPS) is 10.7. The van der Waals surface area contributed by atoms with E-state index >= 15 is 0 Å². The second-order valence-electron chi connectivity index (χ2n) is 6.46. The molecule has 3 aromatic carbocycles. The number of nitrogens with one attached hydrogen (secondary N) is 1. The third kappa shape index (κ3) is 6.93. The third-order valence-corrected chi connectivity index (χ3v) is 4.87. The van der Waals surface area contributed by atoms with Gasteiger partial charge in [-0.05, 0) is 66.2 Å². The topological polar surface area (TPSA) is 86.2 Å². The second kappa shape index (κ2) is 11.3. The third-order valence-electron chi connectivity index (χ3n) is 4.13. The number of hydrogen-bond acceptors (Lipinski definition) is 6. The highest BCUT2D eigenvalue weighted by Crippen LogP contribution is 2.29. The lowest BCUT2D eigenvalue weighted by Gasteiger charge is -2.10. The Balaban J connectivity index is 1.57. The van der Waals surface area contributed by atoms with Crippen LogP contribution in [0, 0.1) is 5.82 Å². The van der Waals surface area contributed by atoms with Gasteiger partial charge in [-0.25, -0.2) is 14.6 Å². The highest BCUT2D eigenvalue weighted by atomic mass is 35.5. The number of benzene rings is 3. The minimum Gasteiger partial charge on any atom is -0.493 e. The number of rotatable bonds is 8. The summed E-state index contributed by atoms with van der Waals surface area (Å²) in [5.41, 5.74) is 3.11. The van der Waals surface area contributed by atoms with Crippen molar-refractivity contribution in [2.24, 2.45) is 5.10 Å². The molecular weight excluding hydrogens is 474 g/mol. The number of carbonyl (C=O) groups excluding carboxylic acids is 2. The van der Waals surface area contributed by atoms with Crippen LogP contribution in [0.2, 0.25) is 10.0 Å². The van der Waals surface area contributed by atoms with Crippen LogP contribution in [-0.4, -0.2) is 31.8 Å². The Hall–Kier alpha value is -3.62. The van der Waals surface area contributed by atoms with Crippen LogP contribution in [0.3, 0.4) is 0 Å². The molecule has 33 heavy (non-hydrogen) atoms. The number of hydrazone groups is 1. The summed E-state index contributed by atoms with van der Waals surface area (Å²) >= 11 is 11.8. The van der Waals surface area contributed by atoms with Gasteiger partial charge >= 0.3 is 5.97 Å². The van der Waals surface area contributed by atoms with Crippen LogP contribution < -0.4 is 19.6 Å². The highest BCUT2D eigenvalue weighted by molar-refractivity contribution is 6.42. The monoisotopic (exact) mass is 490 g/mol. The maximum Gasteiger partial charge on any atom is 0.343 e. The van der Waals surface area contributed by atoms with Crippen LogP contribution in [0.4, 0.5) is 4.39 Å². The van der Waals surface area contributed by atoms with E-state index in [4.69, 9.17) is 37.4 Å². The lowest BCUT2D eigenvalue weighted by molar-refractivity contribution is -0.123. The van der Waals surface area contributed by atoms with Crippen molar-refractivity contribution in [1.82, 2.24) is 5.43 Å². The van der Waals surface area contributed by atoms with E-state index in [-0.39, 0.29) is 28.7 Å². The van der Waals surface area contributed by atoms with Crippen molar-refractivity contribution >= 4 is 41.3 Å². The molecule has 7 nitrogen and oxygen atoms in total. The molecule has 0 bridgehead atoms.